The molecular weight excluding hydrogens is 246 g/mol. The Balaban J connectivity index is 1.78. The first kappa shape index (κ1) is 15.1. The second-order valence-corrected chi connectivity index (χ2v) is 6.14. The maximum atomic E-state index is 5.62. The van der Waals surface area contributed by atoms with Gasteiger partial charge in [0.1, 0.15) is 12.4 Å². The number of rotatable bonds is 7. The molecule has 1 aromatic rings. The summed E-state index contributed by atoms with van der Waals surface area (Å²) in [5.41, 5.74) is 2.41. The highest BCUT2D eigenvalue weighted by molar-refractivity contribution is 5.28. The summed E-state index contributed by atoms with van der Waals surface area (Å²) in [5.74, 6) is 0.924. The van der Waals surface area contributed by atoms with E-state index >= 15 is 0 Å². The van der Waals surface area contributed by atoms with Crippen LogP contribution in [-0.4, -0.2) is 18.7 Å². The van der Waals surface area contributed by atoms with Gasteiger partial charge >= 0.3 is 0 Å². The minimum Gasteiger partial charge on any atom is -0.489 e. The zero-order valence-corrected chi connectivity index (χ0v) is 12.8. The molecule has 1 unspecified atom stereocenters. The van der Waals surface area contributed by atoms with Gasteiger partial charge in [0.05, 0.1) is 0 Å². The van der Waals surface area contributed by atoms with E-state index < -0.39 is 0 Å². The lowest BCUT2D eigenvalue weighted by Gasteiger charge is -2.19. The van der Waals surface area contributed by atoms with Crippen molar-refractivity contribution in [3.05, 3.63) is 42.0 Å². The molecule has 2 rings (SSSR count). The van der Waals surface area contributed by atoms with Crippen molar-refractivity contribution in [2.45, 2.75) is 58.0 Å². The molecule has 1 saturated carbocycles. The fourth-order valence-electron chi connectivity index (χ4n) is 2.84. The van der Waals surface area contributed by atoms with Crippen LogP contribution in [0.25, 0.3) is 0 Å². The van der Waals surface area contributed by atoms with Gasteiger partial charge in [-0.15, -0.1) is 0 Å². The monoisotopic (exact) mass is 273 g/mol. The average molecular weight is 273 g/mol. The third-order valence-electron chi connectivity index (χ3n) is 3.83. The maximum Gasteiger partial charge on any atom is 0.119 e. The predicted octanol–water partition coefficient (Wildman–Crippen LogP) is 4.10. The quantitative estimate of drug-likeness (QED) is 0.755. The van der Waals surface area contributed by atoms with Gasteiger partial charge in [-0.25, -0.2) is 0 Å². The summed E-state index contributed by atoms with van der Waals surface area (Å²) in [6, 6.07) is 9.73. The molecule has 2 nitrogen and oxygen atoms in total. The van der Waals surface area contributed by atoms with Crippen LogP contribution < -0.4 is 10.1 Å². The molecule has 0 saturated heterocycles. The zero-order chi connectivity index (χ0) is 14.4. The summed E-state index contributed by atoms with van der Waals surface area (Å²) < 4.78 is 5.62. The summed E-state index contributed by atoms with van der Waals surface area (Å²) in [4.78, 5) is 0. The fourth-order valence-corrected chi connectivity index (χ4v) is 2.84. The lowest BCUT2D eigenvalue weighted by atomic mass is 10.1. The van der Waals surface area contributed by atoms with Gasteiger partial charge in [0.15, 0.2) is 0 Å². The van der Waals surface area contributed by atoms with Crippen LogP contribution in [0.3, 0.4) is 0 Å². The Morgan fingerprint density at radius 1 is 1.30 bits per heavy atom. The van der Waals surface area contributed by atoms with E-state index in [9.17, 15) is 0 Å². The zero-order valence-electron chi connectivity index (χ0n) is 12.8. The summed E-state index contributed by atoms with van der Waals surface area (Å²) in [7, 11) is 0. The SMILES string of the molecule is C=C(C)COc1ccc(CC(C)NC2CCCC2)cc1. The predicted molar refractivity (Wildman–Crippen MR) is 85.3 cm³/mol. The highest BCUT2D eigenvalue weighted by Gasteiger charge is 2.16. The largest absolute Gasteiger partial charge is 0.489 e. The highest BCUT2D eigenvalue weighted by Crippen LogP contribution is 2.19. The van der Waals surface area contributed by atoms with E-state index in [0.717, 1.165) is 23.8 Å². The lowest BCUT2D eigenvalue weighted by molar-refractivity contribution is 0.352. The van der Waals surface area contributed by atoms with Gasteiger partial charge in [-0.3, -0.25) is 0 Å². The van der Waals surface area contributed by atoms with E-state index in [4.69, 9.17) is 4.74 Å². The van der Waals surface area contributed by atoms with Gasteiger partial charge in [-0.1, -0.05) is 31.6 Å². The van der Waals surface area contributed by atoms with Gasteiger partial charge < -0.3 is 10.1 Å². The van der Waals surface area contributed by atoms with E-state index in [0.29, 0.717) is 12.6 Å². The van der Waals surface area contributed by atoms with E-state index in [1.54, 1.807) is 0 Å². The summed E-state index contributed by atoms with van der Waals surface area (Å²) in [6.07, 6.45) is 6.55. The molecular formula is C18H27NO. The van der Waals surface area contributed by atoms with Gasteiger partial charge in [0.25, 0.3) is 0 Å². The maximum absolute atomic E-state index is 5.62. The Kier molecular flexibility index (Phi) is 5.66. The summed E-state index contributed by atoms with van der Waals surface area (Å²) >= 11 is 0. The lowest BCUT2D eigenvalue weighted by Crippen LogP contribution is -2.35. The molecule has 1 aliphatic rings. The third-order valence-corrected chi connectivity index (χ3v) is 3.83. The van der Waals surface area contributed by atoms with Crippen molar-refractivity contribution in [1.29, 1.82) is 0 Å². The topological polar surface area (TPSA) is 21.3 Å². The summed E-state index contributed by atoms with van der Waals surface area (Å²) in [6.45, 7) is 8.70. The second kappa shape index (κ2) is 7.49. The smallest absolute Gasteiger partial charge is 0.119 e. The Hall–Kier alpha value is -1.28. The molecule has 1 aromatic carbocycles. The molecule has 0 spiro atoms. The van der Waals surface area contributed by atoms with Gasteiger partial charge in [0, 0.05) is 12.1 Å². The first-order valence-corrected chi connectivity index (χ1v) is 7.75. The van der Waals surface area contributed by atoms with Crippen molar-refractivity contribution >= 4 is 0 Å². The van der Waals surface area contributed by atoms with Gasteiger partial charge in [-0.2, -0.15) is 0 Å². The molecule has 1 atom stereocenters. The van der Waals surface area contributed by atoms with Crippen molar-refractivity contribution in [3.63, 3.8) is 0 Å². The number of benzene rings is 1. The molecule has 0 bridgehead atoms. The van der Waals surface area contributed by atoms with Gasteiger partial charge in [0.2, 0.25) is 0 Å². The highest BCUT2D eigenvalue weighted by atomic mass is 16.5. The van der Waals surface area contributed by atoms with E-state index in [2.05, 4.69) is 43.1 Å². The van der Waals surface area contributed by atoms with Crippen LogP contribution in [0.1, 0.15) is 45.1 Å². The first-order valence-electron chi connectivity index (χ1n) is 7.75. The molecule has 110 valence electrons. The third kappa shape index (κ3) is 5.01. The molecule has 0 aliphatic heterocycles. The minimum absolute atomic E-state index is 0.542. The molecule has 20 heavy (non-hydrogen) atoms. The average Bonchev–Trinajstić information content (AvgIpc) is 2.90. The summed E-state index contributed by atoms with van der Waals surface area (Å²) in [5, 5.41) is 3.74. The second-order valence-electron chi connectivity index (χ2n) is 6.14. The molecule has 1 aliphatic carbocycles. The number of hydrogen-bond acceptors (Lipinski definition) is 2. The van der Waals surface area contributed by atoms with Crippen molar-refractivity contribution < 1.29 is 4.74 Å². The van der Waals surface area contributed by atoms with Crippen LogP contribution in [0.4, 0.5) is 0 Å². The normalized spacial score (nSPS) is 17.1. The van der Waals surface area contributed by atoms with Crippen LogP contribution in [0.2, 0.25) is 0 Å². The van der Waals surface area contributed by atoms with E-state index in [1.807, 2.05) is 6.92 Å². The molecule has 1 N–H and O–H groups in total. The minimum atomic E-state index is 0.542. The first-order chi connectivity index (χ1) is 9.63. The molecule has 0 radical (unpaired) electrons. The van der Waals surface area contributed by atoms with Crippen LogP contribution in [0.15, 0.2) is 36.4 Å². The van der Waals surface area contributed by atoms with Crippen molar-refractivity contribution in [1.82, 2.24) is 5.32 Å². The number of ether oxygens (including phenoxy) is 1. The van der Waals surface area contributed by atoms with E-state index in [1.165, 1.54) is 31.2 Å². The molecule has 1 fully saturated rings. The number of hydrogen-bond donors (Lipinski definition) is 1. The number of nitrogens with one attached hydrogen (secondary N) is 1. The molecule has 0 amide bonds. The molecule has 2 heteroatoms. The van der Waals surface area contributed by atoms with Crippen LogP contribution in [-0.2, 0) is 6.42 Å². The molecule has 0 aromatic heterocycles. The van der Waals surface area contributed by atoms with Crippen LogP contribution in [0.5, 0.6) is 5.75 Å². The van der Waals surface area contributed by atoms with Crippen molar-refractivity contribution in [2.24, 2.45) is 0 Å². The Bertz CT molecular complexity index is 418. The Morgan fingerprint density at radius 3 is 2.55 bits per heavy atom. The molecule has 0 heterocycles. The van der Waals surface area contributed by atoms with Crippen LogP contribution >= 0.6 is 0 Å². The standard InChI is InChI=1S/C18H27NO/c1-14(2)13-20-18-10-8-16(9-11-18)12-15(3)19-17-6-4-5-7-17/h8-11,15,17,19H,1,4-7,12-13H2,2-3H3. The Morgan fingerprint density at radius 2 is 1.95 bits per heavy atom. The van der Waals surface area contributed by atoms with Crippen molar-refractivity contribution in [3.8, 4) is 5.75 Å². The van der Waals surface area contributed by atoms with Gasteiger partial charge in [-0.05, 0) is 56.4 Å². The van der Waals surface area contributed by atoms with Crippen LogP contribution in [0, 0.1) is 0 Å². The fraction of sp³-hybridized carbons (Fsp3) is 0.556. The van der Waals surface area contributed by atoms with Crippen molar-refractivity contribution in [2.75, 3.05) is 6.61 Å². The van der Waals surface area contributed by atoms with E-state index in [-0.39, 0.29) is 0 Å². The Labute approximate surface area is 123 Å².